The minimum Gasteiger partial charge on any atom is -0.346 e. The van der Waals surface area contributed by atoms with Gasteiger partial charge in [0.05, 0.1) is 18.7 Å². The Hall–Kier alpha value is -1.45. The van der Waals surface area contributed by atoms with Crippen LogP contribution in [0, 0.1) is 0 Å². The number of rotatable bonds is 1. The van der Waals surface area contributed by atoms with Gasteiger partial charge in [0.1, 0.15) is 0 Å². The lowest BCUT2D eigenvalue weighted by Gasteiger charge is -2.09. The lowest BCUT2D eigenvalue weighted by molar-refractivity contribution is -0.0442. The number of hydrogen-bond donors (Lipinski definition) is 0. The van der Waals surface area contributed by atoms with Crippen LogP contribution in [0.5, 0.6) is 0 Å². The molecule has 1 aliphatic rings. The zero-order valence-electron chi connectivity index (χ0n) is 8.22. The third kappa shape index (κ3) is 1.60. The van der Waals surface area contributed by atoms with Crippen LogP contribution in [0.1, 0.15) is 11.9 Å². The van der Waals surface area contributed by atoms with Crippen LogP contribution in [0.15, 0.2) is 36.5 Å². The van der Waals surface area contributed by atoms with E-state index in [0.29, 0.717) is 13.2 Å². The second kappa shape index (κ2) is 3.61. The summed E-state index contributed by atoms with van der Waals surface area (Å²) < 4.78 is 10.9. The maximum Gasteiger partial charge on any atom is 0.185 e. The molecule has 0 bridgehead atoms. The Bertz CT molecular complexity index is 478. The second-order valence-corrected chi connectivity index (χ2v) is 3.53. The molecular weight excluding hydrogens is 190 g/mol. The number of nitrogens with zero attached hydrogens (tertiary/aromatic N) is 1. The summed E-state index contributed by atoms with van der Waals surface area (Å²) in [5.41, 5.74) is 1.99. The van der Waals surface area contributed by atoms with Crippen molar-refractivity contribution in [1.82, 2.24) is 4.98 Å². The molecule has 0 atom stereocenters. The van der Waals surface area contributed by atoms with Gasteiger partial charge in [0, 0.05) is 17.1 Å². The first-order valence-corrected chi connectivity index (χ1v) is 5.01. The second-order valence-electron chi connectivity index (χ2n) is 3.53. The van der Waals surface area contributed by atoms with E-state index in [-0.39, 0.29) is 6.29 Å². The lowest BCUT2D eigenvalue weighted by Crippen LogP contribution is -1.98. The van der Waals surface area contributed by atoms with Crippen LogP contribution < -0.4 is 0 Å². The highest BCUT2D eigenvalue weighted by molar-refractivity contribution is 5.78. The number of pyridine rings is 1. The summed E-state index contributed by atoms with van der Waals surface area (Å²) in [5.74, 6) is 0. The van der Waals surface area contributed by atoms with Crippen molar-refractivity contribution in [2.45, 2.75) is 6.29 Å². The van der Waals surface area contributed by atoms with E-state index < -0.39 is 0 Å². The SMILES string of the molecule is c1ccc2ncc(C3OCCO3)cc2c1. The fourth-order valence-electron chi connectivity index (χ4n) is 1.77. The highest BCUT2D eigenvalue weighted by atomic mass is 16.7. The molecule has 15 heavy (non-hydrogen) atoms. The third-order valence-corrected chi connectivity index (χ3v) is 2.51. The van der Waals surface area contributed by atoms with Gasteiger partial charge in [0.2, 0.25) is 0 Å². The van der Waals surface area contributed by atoms with Gasteiger partial charge in [0.25, 0.3) is 0 Å². The summed E-state index contributed by atoms with van der Waals surface area (Å²) in [6.45, 7) is 1.33. The fraction of sp³-hybridized carbons (Fsp3) is 0.250. The van der Waals surface area contributed by atoms with Gasteiger partial charge in [0.15, 0.2) is 6.29 Å². The molecule has 1 aliphatic heterocycles. The molecule has 1 aromatic carbocycles. The number of benzene rings is 1. The molecule has 1 fully saturated rings. The van der Waals surface area contributed by atoms with Crippen LogP contribution in [0.25, 0.3) is 10.9 Å². The number of fused-ring (bicyclic) bond motifs is 1. The van der Waals surface area contributed by atoms with Crippen molar-refractivity contribution >= 4 is 10.9 Å². The van der Waals surface area contributed by atoms with Crippen LogP contribution >= 0.6 is 0 Å². The molecule has 0 unspecified atom stereocenters. The molecule has 0 amide bonds. The van der Waals surface area contributed by atoms with Crippen LogP contribution in [0.4, 0.5) is 0 Å². The van der Waals surface area contributed by atoms with E-state index in [1.165, 1.54) is 0 Å². The lowest BCUT2D eigenvalue weighted by atomic mass is 10.1. The number of hydrogen-bond acceptors (Lipinski definition) is 3. The van der Waals surface area contributed by atoms with Crippen molar-refractivity contribution in [3.8, 4) is 0 Å². The molecule has 1 aromatic heterocycles. The van der Waals surface area contributed by atoms with E-state index in [1.807, 2.05) is 30.5 Å². The van der Waals surface area contributed by atoms with Crippen LogP contribution in [-0.4, -0.2) is 18.2 Å². The Kier molecular flexibility index (Phi) is 2.12. The van der Waals surface area contributed by atoms with Crippen molar-refractivity contribution in [2.24, 2.45) is 0 Å². The molecule has 3 rings (SSSR count). The zero-order valence-corrected chi connectivity index (χ0v) is 8.22. The summed E-state index contributed by atoms with van der Waals surface area (Å²) in [5, 5.41) is 1.12. The maximum absolute atomic E-state index is 5.43. The minimum absolute atomic E-state index is 0.234. The Morgan fingerprint density at radius 3 is 2.80 bits per heavy atom. The topological polar surface area (TPSA) is 31.4 Å². The minimum atomic E-state index is -0.234. The van der Waals surface area contributed by atoms with Gasteiger partial charge in [-0.2, -0.15) is 0 Å². The van der Waals surface area contributed by atoms with Gasteiger partial charge in [-0.15, -0.1) is 0 Å². The number of para-hydroxylation sites is 1. The molecule has 3 nitrogen and oxygen atoms in total. The molecule has 3 heteroatoms. The molecular formula is C12H11NO2. The molecule has 1 saturated heterocycles. The average Bonchev–Trinajstić information content (AvgIpc) is 2.82. The van der Waals surface area contributed by atoms with Crippen molar-refractivity contribution < 1.29 is 9.47 Å². The summed E-state index contributed by atoms with van der Waals surface area (Å²) in [4.78, 5) is 4.37. The largest absolute Gasteiger partial charge is 0.346 e. The van der Waals surface area contributed by atoms with Gasteiger partial charge in [-0.05, 0) is 12.1 Å². The number of aromatic nitrogens is 1. The van der Waals surface area contributed by atoms with Crippen LogP contribution in [0.2, 0.25) is 0 Å². The Morgan fingerprint density at radius 2 is 1.93 bits per heavy atom. The molecule has 0 aliphatic carbocycles. The summed E-state index contributed by atoms with van der Waals surface area (Å²) in [7, 11) is 0. The van der Waals surface area contributed by atoms with Crippen LogP contribution in [-0.2, 0) is 9.47 Å². The van der Waals surface area contributed by atoms with E-state index in [4.69, 9.17) is 9.47 Å². The van der Waals surface area contributed by atoms with Crippen molar-refractivity contribution in [2.75, 3.05) is 13.2 Å². The summed E-state index contributed by atoms with van der Waals surface area (Å²) >= 11 is 0. The number of ether oxygens (including phenoxy) is 2. The monoisotopic (exact) mass is 201 g/mol. The normalized spacial score (nSPS) is 17.3. The predicted octanol–water partition coefficient (Wildman–Crippen LogP) is 2.28. The zero-order chi connectivity index (χ0) is 10.1. The molecule has 76 valence electrons. The summed E-state index contributed by atoms with van der Waals surface area (Å²) in [6.07, 6.45) is 1.58. The van der Waals surface area contributed by atoms with Gasteiger partial charge in [-0.1, -0.05) is 18.2 Å². The highest BCUT2D eigenvalue weighted by Crippen LogP contribution is 2.24. The van der Waals surface area contributed by atoms with Gasteiger partial charge in [-0.3, -0.25) is 4.98 Å². The molecule has 0 spiro atoms. The first-order valence-electron chi connectivity index (χ1n) is 5.01. The van der Waals surface area contributed by atoms with E-state index in [1.54, 1.807) is 0 Å². The molecule has 0 saturated carbocycles. The van der Waals surface area contributed by atoms with Gasteiger partial charge >= 0.3 is 0 Å². The maximum atomic E-state index is 5.43. The van der Waals surface area contributed by atoms with Gasteiger partial charge in [-0.25, -0.2) is 0 Å². The summed E-state index contributed by atoms with van der Waals surface area (Å²) in [6, 6.07) is 10.1. The van der Waals surface area contributed by atoms with E-state index >= 15 is 0 Å². The smallest absolute Gasteiger partial charge is 0.185 e. The van der Waals surface area contributed by atoms with Gasteiger partial charge < -0.3 is 9.47 Å². The van der Waals surface area contributed by atoms with Crippen LogP contribution in [0.3, 0.4) is 0 Å². The van der Waals surface area contributed by atoms with Crippen molar-refractivity contribution in [3.05, 3.63) is 42.1 Å². The Morgan fingerprint density at radius 1 is 1.13 bits per heavy atom. The first-order chi connectivity index (χ1) is 7.43. The highest BCUT2D eigenvalue weighted by Gasteiger charge is 2.18. The molecule has 2 heterocycles. The Balaban J connectivity index is 2.05. The Labute approximate surface area is 87.6 Å². The van der Waals surface area contributed by atoms with E-state index in [0.717, 1.165) is 16.5 Å². The van der Waals surface area contributed by atoms with Crippen molar-refractivity contribution in [3.63, 3.8) is 0 Å². The van der Waals surface area contributed by atoms with E-state index in [2.05, 4.69) is 11.1 Å². The predicted molar refractivity (Wildman–Crippen MR) is 56.4 cm³/mol. The molecule has 0 N–H and O–H groups in total. The average molecular weight is 201 g/mol. The molecule has 0 radical (unpaired) electrons. The first kappa shape index (κ1) is 8.83. The third-order valence-electron chi connectivity index (χ3n) is 2.51. The fourth-order valence-corrected chi connectivity index (χ4v) is 1.77. The standard InChI is InChI=1S/C12H11NO2/c1-2-4-11-9(3-1)7-10(8-13-11)12-14-5-6-15-12/h1-4,7-8,12H,5-6H2. The quantitative estimate of drug-likeness (QED) is 0.709. The molecule has 2 aromatic rings. The van der Waals surface area contributed by atoms with Crippen molar-refractivity contribution in [1.29, 1.82) is 0 Å². The van der Waals surface area contributed by atoms with E-state index in [9.17, 15) is 0 Å².